The Kier molecular flexibility index (Phi) is 3.37. The van der Waals surface area contributed by atoms with Crippen molar-refractivity contribution in [1.82, 2.24) is 14.9 Å². The molecular formula is C10H10BrN3O3. The van der Waals surface area contributed by atoms with Gasteiger partial charge < -0.3 is 10.0 Å². The molecule has 0 saturated carbocycles. The predicted molar refractivity (Wildman–Crippen MR) is 61.4 cm³/mol. The first-order valence-corrected chi connectivity index (χ1v) is 5.90. The van der Waals surface area contributed by atoms with E-state index in [0.29, 0.717) is 23.9 Å². The Morgan fingerprint density at radius 3 is 2.65 bits per heavy atom. The summed E-state index contributed by atoms with van der Waals surface area (Å²) in [5.74, 6) is -1.38. The number of nitrogens with zero attached hydrogens (tertiary/aromatic N) is 3. The first kappa shape index (κ1) is 12.0. The van der Waals surface area contributed by atoms with E-state index in [-0.39, 0.29) is 5.82 Å². The van der Waals surface area contributed by atoms with Crippen LogP contribution in [0.4, 0.5) is 0 Å². The number of halogens is 1. The third-order valence-corrected chi connectivity index (χ3v) is 3.02. The number of hydrogen-bond acceptors (Lipinski definition) is 4. The van der Waals surface area contributed by atoms with Crippen LogP contribution in [0.25, 0.3) is 0 Å². The molecule has 0 spiro atoms. The molecule has 1 aromatic heterocycles. The van der Waals surface area contributed by atoms with E-state index in [2.05, 4.69) is 25.9 Å². The normalized spacial score (nSPS) is 19.4. The van der Waals surface area contributed by atoms with Gasteiger partial charge in [-0.25, -0.2) is 14.8 Å². The molecule has 1 fully saturated rings. The van der Waals surface area contributed by atoms with E-state index < -0.39 is 17.9 Å². The maximum Gasteiger partial charge on any atom is 0.326 e. The van der Waals surface area contributed by atoms with Crippen molar-refractivity contribution in [3.63, 3.8) is 0 Å². The topological polar surface area (TPSA) is 83.4 Å². The van der Waals surface area contributed by atoms with Gasteiger partial charge in [0.15, 0.2) is 0 Å². The van der Waals surface area contributed by atoms with Gasteiger partial charge in [-0.3, -0.25) is 4.79 Å². The highest BCUT2D eigenvalue weighted by Gasteiger charge is 2.35. The summed E-state index contributed by atoms with van der Waals surface area (Å²) in [7, 11) is 0. The van der Waals surface area contributed by atoms with E-state index >= 15 is 0 Å². The lowest BCUT2D eigenvalue weighted by Gasteiger charge is -2.20. The minimum absolute atomic E-state index is 0.0290. The van der Waals surface area contributed by atoms with Gasteiger partial charge in [-0.2, -0.15) is 0 Å². The number of likely N-dealkylation sites (tertiary alicyclic amines) is 1. The van der Waals surface area contributed by atoms with Crippen molar-refractivity contribution >= 4 is 27.8 Å². The van der Waals surface area contributed by atoms with Gasteiger partial charge in [0.1, 0.15) is 6.04 Å². The third-order valence-electron chi connectivity index (χ3n) is 2.61. The van der Waals surface area contributed by atoms with Crippen LogP contribution in [0.15, 0.2) is 16.9 Å². The zero-order chi connectivity index (χ0) is 12.4. The smallest absolute Gasteiger partial charge is 0.326 e. The van der Waals surface area contributed by atoms with Crippen LogP contribution in [0, 0.1) is 0 Å². The number of carboxylic acid groups (broad SMARTS) is 1. The van der Waals surface area contributed by atoms with E-state index in [1.54, 1.807) is 0 Å². The second-order valence-electron chi connectivity index (χ2n) is 3.72. The van der Waals surface area contributed by atoms with Crippen molar-refractivity contribution in [2.45, 2.75) is 18.9 Å². The van der Waals surface area contributed by atoms with Crippen LogP contribution < -0.4 is 0 Å². The van der Waals surface area contributed by atoms with Gasteiger partial charge in [-0.15, -0.1) is 0 Å². The molecule has 1 amide bonds. The fraction of sp³-hybridized carbons (Fsp3) is 0.400. The summed E-state index contributed by atoms with van der Waals surface area (Å²) in [6, 6.07) is -0.755. The SMILES string of the molecule is O=C(O)[C@@H]1CCCN1C(=O)c1ncc(Br)cn1. The Hall–Kier alpha value is -1.50. The Balaban J connectivity index is 2.19. The van der Waals surface area contributed by atoms with Crippen LogP contribution in [0.5, 0.6) is 0 Å². The number of carbonyl (C=O) groups excluding carboxylic acids is 1. The number of hydrogen-bond donors (Lipinski definition) is 1. The number of rotatable bonds is 2. The van der Waals surface area contributed by atoms with Crippen LogP contribution in [0.2, 0.25) is 0 Å². The van der Waals surface area contributed by atoms with E-state index in [9.17, 15) is 9.59 Å². The lowest BCUT2D eigenvalue weighted by molar-refractivity contribution is -0.141. The van der Waals surface area contributed by atoms with Crippen LogP contribution in [-0.4, -0.2) is 44.4 Å². The van der Waals surface area contributed by atoms with Crippen molar-refractivity contribution in [1.29, 1.82) is 0 Å². The fourth-order valence-electron chi connectivity index (χ4n) is 1.82. The molecule has 7 heteroatoms. The molecule has 0 aromatic carbocycles. The summed E-state index contributed by atoms with van der Waals surface area (Å²) in [5, 5.41) is 8.98. The van der Waals surface area contributed by atoms with Gasteiger partial charge in [-0.05, 0) is 28.8 Å². The maximum atomic E-state index is 12.0. The standard InChI is InChI=1S/C10H10BrN3O3/c11-6-4-12-8(13-5-6)9(15)14-3-1-2-7(14)10(16)17/h4-5,7H,1-3H2,(H,16,17)/t7-/m0/s1. The molecule has 0 bridgehead atoms. The van der Waals surface area contributed by atoms with E-state index in [0.717, 1.165) is 0 Å². The summed E-state index contributed by atoms with van der Waals surface area (Å²) in [4.78, 5) is 32.0. The molecule has 0 aliphatic carbocycles. The molecule has 2 rings (SSSR count). The first-order valence-electron chi connectivity index (χ1n) is 5.11. The lowest BCUT2D eigenvalue weighted by Crippen LogP contribution is -2.41. The van der Waals surface area contributed by atoms with Gasteiger partial charge in [0.25, 0.3) is 5.91 Å². The summed E-state index contributed by atoms with van der Waals surface area (Å²) < 4.78 is 0.672. The largest absolute Gasteiger partial charge is 0.480 e. The molecule has 1 atom stereocenters. The number of carboxylic acids is 1. The molecule has 1 N–H and O–H groups in total. The van der Waals surface area contributed by atoms with Crippen LogP contribution in [0.1, 0.15) is 23.5 Å². The molecular weight excluding hydrogens is 290 g/mol. The third kappa shape index (κ3) is 2.44. The zero-order valence-corrected chi connectivity index (χ0v) is 10.4. The predicted octanol–water partition coefficient (Wildman–Crippen LogP) is 0.928. The molecule has 1 saturated heterocycles. The van der Waals surface area contributed by atoms with Crippen LogP contribution in [-0.2, 0) is 4.79 Å². The molecule has 6 nitrogen and oxygen atoms in total. The Morgan fingerprint density at radius 1 is 1.41 bits per heavy atom. The van der Waals surface area contributed by atoms with Crippen molar-refractivity contribution in [3.05, 3.63) is 22.7 Å². The Morgan fingerprint density at radius 2 is 2.06 bits per heavy atom. The van der Waals surface area contributed by atoms with E-state index in [4.69, 9.17) is 5.11 Å². The monoisotopic (exact) mass is 299 g/mol. The maximum absolute atomic E-state index is 12.0. The van der Waals surface area contributed by atoms with Gasteiger partial charge in [-0.1, -0.05) is 0 Å². The number of amides is 1. The van der Waals surface area contributed by atoms with Gasteiger partial charge in [0.2, 0.25) is 5.82 Å². The van der Waals surface area contributed by atoms with Crippen molar-refractivity contribution in [2.24, 2.45) is 0 Å². The number of aliphatic carboxylic acids is 1. The second kappa shape index (κ2) is 4.79. The highest BCUT2D eigenvalue weighted by atomic mass is 79.9. The quantitative estimate of drug-likeness (QED) is 0.878. The van der Waals surface area contributed by atoms with Crippen LogP contribution in [0.3, 0.4) is 0 Å². The zero-order valence-electron chi connectivity index (χ0n) is 8.84. The molecule has 2 heterocycles. The van der Waals surface area contributed by atoms with Crippen molar-refractivity contribution < 1.29 is 14.7 Å². The molecule has 0 radical (unpaired) electrons. The van der Waals surface area contributed by atoms with E-state index in [1.165, 1.54) is 17.3 Å². The fourth-order valence-corrected chi connectivity index (χ4v) is 2.02. The summed E-state index contributed by atoms with van der Waals surface area (Å²) in [6.45, 7) is 0.440. The van der Waals surface area contributed by atoms with Gasteiger partial charge in [0, 0.05) is 18.9 Å². The molecule has 17 heavy (non-hydrogen) atoms. The number of carbonyl (C=O) groups is 2. The minimum Gasteiger partial charge on any atom is -0.480 e. The van der Waals surface area contributed by atoms with Gasteiger partial charge >= 0.3 is 5.97 Å². The van der Waals surface area contributed by atoms with Crippen molar-refractivity contribution in [3.8, 4) is 0 Å². The summed E-state index contributed by atoms with van der Waals surface area (Å²) in [6.07, 6.45) is 4.11. The lowest BCUT2D eigenvalue weighted by atomic mass is 10.2. The highest BCUT2D eigenvalue weighted by Crippen LogP contribution is 2.19. The van der Waals surface area contributed by atoms with E-state index in [1.807, 2.05) is 0 Å². The molecule has 1 aliphatic rings. The highest BCUT2D eigenvalue weighted by molar-refractivity contribution is 9.10. The molecule has 90 valence electrons. The first-order chi connectivity index (χ1) is 8.09. The molecule has 1 aliphatic heterocycles. The Labute approximate surface area is 106 Å². The molecule has 1 aromatic rings. The van der Waals surface area contributed by atoms with Gasteiger partial charge in [0.05, 0.1) is 4.47 Å². The van der Waals surface area contributed by atoms with Crippen LogP contribution >= 0.6 is 15.9 Å². The second-order valence-corrected chi connectivity index (χ2v) is 4.64. The minimum atomic E-state index is -0.979. The number of aromatic nitrogens is 2. The Bertz CT molecular complexity index is 449. The summed E-state index contributed by atoms with van der Waals surface area (Å²) >= 11 is 3.17. The van der Waals surface area contributed by atoms with Crippen molar-refractivity contribution in [2.75, 3.05) is 6.54 Å². The average molecular weight is 300 g/mol. The average Bonchev–Trinajstić information content (AvgIpc) is 2.78. The molecule has 0 unspecified atom stereocenters. The summed E-state index contributed by atoms with van der Waals surface area (Å²) in [5.41, 5.74) is 0.